The van der Waals surface area contributed by atoms with Crippen LogP contribution in [0.1, 0.15) is 5.56 Å². The first-order chi connectivity index (χ1) is 13.8. The molecule has 28 heavy (non-hydrogen) atoms. The van der Waals surface area contributed by atoms with Gasteiger partial charge in [-0.25, -0.2) is 4.98 Å². The second-order valence-electron chi connectivity index (χ2n) is 6.68. The van der Waals surface area contributed by atoms with Gasteiger partial charge >= 0.3 is 0 Å². The fraction of sp³-hybridized carbons (Fsp3) is 0.0435. The predicted octanol–water partition coefficient (Wildman–Crippen LogP) is 4.06. The van der Waals surface area contributed by atoms with Crippen LogP contribution in [0.15, 0.2) is 90.4 Å². The normalized spacial score (nSPS) is 11.1. The van der Waals surface area contributed by atoms with Crippen molar-refractivity contribution < 1.29 is 0 Å². The van der Waals surface area contributed by atoms with E-state index in [4.69, 9.17) is 0 Å². The summed E-state index contributed by atoms with van der Waals surface area (Å²) in [5.41, 5.74) is 4.68. The third kappa shape index (κ3) is 2.93. The molecular weight excluding hydrogens is 348 g/mol. The van der Waals surface area contributed by atoms with Crippen LogP contribution in [-0.2, 0) is 6.54 Å². The van der Waals surface area contributed by atoms with Crippen molar-refractivity contribution in [2.24, 2.45) is 0 Å². The van der Waals surface area contributed by atoms with Gasteiger partial charge in [0, 0.05) is 24.0 Å². The van der Waals surface area contributed by atoms with Crippen LogP contribution in [-0.4, -0.2) is 19.5 Å². The lowest BCUT2D eigenvalue weighted by Crippen LogP contribution is -2.21. The summed E-state index contributed by atoms with van der Waals surface area (Å²) in [5.74, 6) is 0. The van der Waals surface area contributed by atoms with Crippen LogP contribution in [0, 0.1) is 0 Å². The van der Waals surface area contributed by atoms with Crippen molar-refractivity contribution in [3.05, 3.63) is 101 Å². The van der Waals surface area contributed by atoms with E-state index in [0.29, 0.717) is 12.1 Å². The molecule has 3 aromatic heterocycles. The number of fused-ring (bicyclic) bond motifs is 2. The number of hydrogen-bond acceptors (Lipinski definition) is 4. The monoisotopic (exact) mass is 364 g/mol. The number of hydrogen-bond donors (Lipinski definition) is 0. The molecule has 5 heteroatoms. The summed E-state index contributed by atoms with van der Waals surface area (Å²) < 4.78 is 1.73. The molecule has 5 aromatic rings. The Morgan fingerprint density at radius 1 is 0.786 bits per heavy atom. The number of pyridine rings is 2. The molecule has 0 N–H and O–H groups in total. The van der Waals surface area contributed by atoms with Gasteiger partial charge in [0.25, 0.3) is 5.56 Å². The molecule has 0 radical (unpaired) electrons. The Kier molecular flexibility index (Phi) is 3.91. The Bertz CT molecular complexity index is 1370. The van der Waals surface area contributed by atoms with Crippen LogP contribution in [0.5, 0.6) is 0 Å². The molecule has 0 amide bonds. The first-order valence-corrected chi connectivity index (χ1v) is 9.01. The first-order valence-electron chi connectivity index (χ1n) is 9.01. The summed E-state index contributed by atoms with van der Waals surface area (Å²) >= 11 is 0. The van der Waals surface area contributed by atoms with Crippen LogP contribution >= 0.6 is 0 Å². The van der Waals surface area contributed by atoms with Crippen LogP contribution in [0.4, 0.5) is 0 Å². The Balaban J connectivity index is 1.56. The zero-order chi connectivity index (χ0) is 18.9. The minimum atomic E-state index is -0.123. The van der Waals surface area contributed by atoms with E-state index in [1.54, 1.807) is 23.2 Å². The molecule has 0 spiro atoms. The topological polar surface area (TPSA) is 60.7 Å². The summed E-state index contributed by atoms with van der Waals surface area (Å²) in [5, 5.41) is 2.27. The molecule has 0 fully saturated rings. The molecule has 0 aliphatic carbocycles. The van der Waals surface area contributed by atoms with Gasteiger partial charge in [0.2, 0.25) is 0 Å². The second kappa shape index (κ2) is 6.70. The molecule has 0 saturated heterocycles. The van der Waals surface area contributed by atoms with Gasteiger partial charge in [0.15, 0.2) is 0 Å². The predicted molar refractivity (Wildman–Crippen MR) is 110 cm³/mol. The lowest BCUT2D eigenvalue weighted by atomic mass is 10.0. The van der Waals surface area contributed by atoms with Crippen molar-refractivity contribution in [3.63, 3.8) is 0 Å². The van der Waals surface area contributed by atoms with Crippen molar-refractivity contribution in [3.8, 4) is 11.1 Å². The van der Waals surface area contributed by atoms with Crippen LogP contribution in [0.25, 0.3) is 32.9 Å². The van der Waals surface area contributed by atoms with Crippen molar-refractivity contribution >= 4 is 21.8 Å². The van der Waals surface area contributed by atoms with Gasteiger partial charge < -0.3 is 4.57 Å². The fourth-order valence-corrected chi connectivity index (χ4v) is 3.48. The highest BCUT2D eigenvalue weighted by Crippen LogP contribution is 2.25. The first kappa shape index (κ1) is 16.3. The van der Waals surface area contributed by atoms with Gasteiger partial charge in [-0.3, -0.25) is 14.8 Å². The van der Waals surface area contributed by atoms with E-state index in [-0.39, 0.29) is 5.56 Å². The maximum absolute atomic E-state index is 12.4. The summed E-state index contributed by atoms with van der Waals surface area (Å²) in [6, 6.07) is 18.5. The molecule has 5 rings (SSSR count). The van der Waals surface area contributed by atoms with Gasteiger partial charge in [0.05, 0.1) is 24.5 Å². The van der Waals surface area contributed by atoms with E-state index < -0.39 is 0 Å². The maximum Gasteiger partial charge on any atom is 0.269 e. The Morgan fingerprint density at radius 2 is 1.64 bits per heavy atom. The van der Waals surface area contributed by atoms with Crippen molar-refractivity contribution in [2.45, 2.75) is 6.54 Å². The highest BCUT2D eigenvalue weighted by Gasteiger charge is 2.07. The zero-order valence-corrected chi connectivity index (χ0v) is 15.0. The molecule has 3 heterocycles. The van der Waals surface area contributed by atoms with Crippen LogP contribution in [0.3, 0.4) is 0 Å². The molecule has 0 atom stereocenters. The lowest BCUT2D eigenvalue weighted by molar-refractivity contribution is 0.786. The summed E-state index contributed by atoms with van der Waals surface area (Å²) in [6.45, 7) is 0.479. The highest BCUT2D eigenvalue weighted by atomic mass is 16.1. The average Bonchev–Trinajstić information content (AvgIpc) is 2.76. The standard InChI is InChI=1S/C23H16N4O/c28-23-14-26-21-13-25-9-7-22(21)27(23)15-16-2-1-3-17(10-16)18-4-5-20-12-24-8-6-19(20)11-18/h1-14H,15H2. The van der Waals surface area contributed by atoms with Crippen molar-refractivity contribution in [1.29, 1.82) is 0 Å². The van der Waals surface area contributed by atoms with Crippen LogP contribution in [0.2, 0.25) is 0 Å². The Hall–Kier alpha value is -3.86. The van der Waals surface area contributed by atoms with Gasteiger partial charge in [0.1, 0.15) is 5.52 Å². The molecule has 2 aromatic carbocycles. The molecule has 0 aliphatic heterocycles. The molecule has 134 valence electrons. The summed E-state index contributed by atoms with van der Waals surface area (Å²) in [4.78, 5) is 24.8. The van der Waals surface area contributed by atoms with Crippen molar-refractivity contribution in [1.82, 2.24) is 19.5 Å². The SMILES string of the molecule is O=c1cnc2cnccc2n1Cc1cccc(-c2ccc3cnccc3c2)c1. The molecule has 0 saturated carbocycles. The van der Waals surface area contributed by atoms with E-state index in [9.17, 15) is 4.79 Å². The molecule has 5 nitrogen and oxygen atoms in total. The van der Waals surface area contributed by atoms with E-state index in [1.807, 2.05) is 30.5 Å². The molecular formula is C23H16N4O. The quantitative estimate of drug-likeness (QED) is 0.484. The van der Waals surface area contributed by atoms with E-state index in [1.165, 1.54) is 6.20 Å². The third-order valence-corrected chi connectivity index (χ3v) is 4.89. The van der Waals surface area contributed by atoms with Gasteiger partial charge in [-0.2, -0.15) is 0 Å². The van der Waals surface area contributed by atoms with E-state index >= 15 is 0 Å². The fourth-order valence-electron chi connectivity index (χ4n) is 3.48. The van der Waals surface area contributed by atoms with Gasteiger partial charge in [-0.05, 0) is 46.3 Å². The average molecular weight is 364 g/mol. The van der Waals surface area contributed by atoms with E-state index in [2.05, 4.69) is 45.3 Å². The van der Waals surface area contributed by atoms with Gasteiger partial charge in [-0.15, -0.1) is 0 Å². The van der Waals surface area contributed by atoms with E-state index in [0.717, 1.165) is 33.0 Å². The number of rotatable bonds is 3. The Morgan fingerprint density at radius 3 is 2.61 bits per heavy atom. The highest BCUT2D eigenvalue weighted by molar-refractivity contribution is 5.86. The number of benzene rings is 2. The second-order valence-corrected chi connectivity index (χ2v) is 6.68. The van der Waals surface area contributed by atoms with Gasteiger partial charge in [-0.1, -0.05) is 30.3 Å². The smallest absolute Gasteiger partial charge is 0.269 e. The lowest BCUT2D eigenvalue weighted by Gasteiger charge is -2.11. The minimum absolute atomic E-state index is 0.123. The molecule has 0 aliphatic rings. The van der Waals surface area contributed by atoms with Crippen LogP contribution < -0.4 is 5.56 Å². The molecule has 0 bridgehead atoms. The van der Waals surface area contributed by atoms with Crippen molar-refractivity contribution in [2.75, 3.05) is 0 Å². The summed E-state index contributed by atoms with van der Waals surface area (Å²) in [7, 11) is 0. The summed E-state index contributed by atoms with van der Waals surface area (Å²) in [6.07, 6.45) is 8.38. The number of aromatic nitrogens is 4. The Labute approximate surface area is 161 Å². The molecule has 0 unspecified atom stereocenters. The maximum atomic E-state index is 12.4. The zero-order valence-electron chi connectivity index (χ0n) is 15.0. The largest absolute Gasteiger partial charge is 0.301 e. The minimum Gasteiger partial charge on any atom is -0.301 e. The number of nitrogens with zero attached hydrogens (tertiary/aromatic N) is 4. The third-order valence-electron chi connectivity index (χ3n) is 4.89.